The van der Waals surface area contributed by atoms with Gasteiger partial charge in [-0.25, -0.2) is 4.98 Å². The molecule has 0 saturated heterocycles. The Bertz CT molecular complexity index is 649. The summed E-state index contributed by atoms with van der Waals surface area (Å²) in [4.78, 5) is 6.99. The Hall–Kier alpha value is -1.17. The lowest BCUT2D eigenvalue weighted by atomic mass is 10.3. The van der Waals surface area contributed by atoms with E-state index in [9.17, 15) is 0 Å². The molecule has 3 nitrogen and oxygen atoms in total. The van der Waals surface area contributed by atoms with Crippen molar-refractivity contribution in [1.29, 1.82) is 0 Å². The summed E-state index contributed by atoms with van der Waals surface area (Å²) in [6.07, 6.45) is 2.17. The summed E-state index contributed by atoms with van der Waals surface area (Å²) in [5.41, 5.74) is 3.74. The molecule has 0 bridgehead atoms. The smallest absolute Gasteiger partial charge is 0.194 e. The largest absolute Gasteiger partial charge is 0.307 e. The number of rotatable bonds is 4. The normalized spacial score (nSPS) is 11.4. The molecule has 0 atom stereocenters. The summed E-state index contributed by atoms with van der Waals surface area (Å²) in [6.45, 7) is 5.98. The van der Waals surface area contributed by atoms with Gasteiger partial charge >= 0.3 is 0 Å². The lowest BCUT2D eigenvalue weighted by Gasteiger charge is -2.03. The molecule has 18 heavy (non-hydrogen) atoms. The van der Waals surface area contributed by atoms with E-state index in [1.54, 1.807) is 22.7 Å². The number of hydrogen-bond donors (Lipinski definition) is 1. The van der Waals surface area contributed by atoms with Crippen LogP contribution in [0.3, 0.4) is 0 Å². The topological polar surface area (TPSA) is 29.3 Å². The molecular formula is C13H15N3S2. The fourth-order valence-electron chi connectivity index (χ4n) is 2.04. The Morgan fingerprint density at radius 3 is 3.00 bits per heavy atom. The molecule has 0 aliphatic rings. The maximum Gasteiger partial charge on any atom is 0.194 e. The van der Waals surface area contributed by atoms with Crippen LogP contribution in [0.4, 0.5) is 0 Å². The highest BCUT2D eigenvalue weighted by molar-refractivity contribution is 7.17. The molecule has 3 heterocycles. The van der Waals surface area contributed by atoms with Gasteiger partial charge in [-0.05, 0) is 36.2 Å². The number of imidazole rings is 1. The highest BCUT2D eigenvalue weighted by Gasteiger charge is 2.10. The van der Waals surface area contributed by atoms with Crippen molar-refractivity contribution in [3.63, 3.8) is 0 Å². The van der Waals surface area contributed by atoms with E-state index < -0.39 is 0 Å². The molecule has 1 N–H and O–H groups in total. The van der Waals surface area contributed by atoms with Crippen LogP contribution in [0.2, 0.25) is 0 Å². The Morgan fingerprint density at radius 2 is 2.22 bits per heavy atom. The first-order chi connectivity index (χ1) is 8.74. The molecule has 0 fully saturated rings. The van der Waals surface area contributed by atoms with Crippen molar-refractivity contribution in [1.82, 2.24) is 14.7 Å². The Balaban J connectivity index is 1.75. The number of thiophene rings is 1. The third kappa shape index (κ3) is 2.21. The van der Waals surface area contributed by atoms with E-state index in [1.165, 1.54) is 16.1 Å². The third-order valence-corrected chi connectivity index (χ3v) is 4.57. The average Bonchev–Trinajstić information content (AvgIpc) is 2.99. The van der Waals surface area contributed by atoms with Crippen molar-refractivity contribution >= 4 is 27.6 Å². The van der Waals surface area contributed by atoms with Crippen molar-refractivity contribution in [3.8, 4) is 0 Å². The van der Waals surface area contributed by atoms with E-state index in [4.69, 9.17) is 0 Å². The van der Waals surface area contributed by atoms with Crippen molar-refractivity contribution in [2.75, 3.05) is 0 Å². The second-order valence-electron chi connectivity index (χ2n) is 4.37. The second-order valence-corrected chi connectivity index (χ2v) is 6.37. The molecule has 0 unspecified atom stereocenters. The summed E-state index contributed by atoms with van der Waals surface area (Å²) in [5.74, 6) is 0. The molecular weight excluding hydrogens is 262 g/mol. The second kappa shape index (κ2) is 4.84. The minimum Gasteiger partial charge on any atom is -0.307 e. The zero-order valence-electron chi connectivity index (χ0n) is 10.4. The van der Waals surface area contributed by atoms with E-state index >= 15 is 0 Å². The fourth-order valence-corrected chi connectivity index (χ4v) is 3.60. The zero-order valence-corrected chi connectivity index (χ0v) is 12.1. The minimum atomic E-state index is 0.860. The van der Waals surface area contributed by atoms with Gasteiger partial charge < -0.3 is 5.32 Å². The number of nitrogens with one attached hydrogen (secondary N) is 1. The zero-order chi connectivity index (χ0) is 12.5. The van der Waals surface area contributed by atoms with Gasteiger partial charge in [0.2, 0.25) is 0 Å². The van der Waals surface area contributed by atoms with E-state index in [2.05, 4.69) is 51.6 Å². The quantitative estimate of drug-likeness (QED) is 0.792. The highest BCUT2D eigenvalue weighted by atomic mass is 32.1. The van der Waals surface area contributed by atoms with Gasteiger partial charge in [-0.1, -0.05) is 0 Å². The summed E-state index contributed by atoms with van der Waals surface area (Å²) < 4.78 is 2.20. The number of thiazole rings is 1. The number of hydrogen-bond acceptors (Lipinski definition) is 4. The van der Waals surface area contributed by atoms with Crippen LogP contribution in [-0.4, -0.2) is 9.38 Å². The minimum absolute atomic E-state index is 0.860. The molecule has 3 aromatic heterocycles. The first-order valence-electron chi connectivity index (χ1n) is 5.90. The molecule has 0 amide bonds. The third-order valence-electron chi connectivity index (χ3n) is 2.94. The van der Waals surface area contributed by atoms with Crippen molar-refractivity contribution < 1.29 is 0 Å². The number of fused-ring (bicyclic) bond motifs is 1. The summed E-state index contributed by atoms with van der Waals surface area (Å²) in [6, 6.07) is 2.16. The molecule has 0 aliphatic heterocycles. The van der Waals surface area contributed by atoms with Crippen LogP contribution in [0.25, 0.3) is 4.96 Å². The van der Waals surface area contributed by atoms with Gasteiger partial charge in [0.1, 0.15) is 0 Å². The first-order valence-corrected chi connectivity index (χ1v) is 7.66. The molecule has 0 saturated carbocycles. The van der Waals surface area contributed by atoms with Crippen LogP contribution < -0.4 is 5.32 Å². The lowest BCUT2D eigenvalue weighted by Crippen LogP contribution is -2.14. The van der Waals surface area contributed by atoms with Gasteiger partial charge in [0.15, 0.2) is 4.96 Å². The molecule has 0 spiro atoms. The van der Waals surface area contributed by atoms with Crippen molar-refractivity contribution in [2.45, 2.75) is 26.9 Å². The molecule has 5 heteroatoms. The van der Waals surface area contributed by atoms with Gasteiger partial charge in [0.25, 0.3) is 0 Å². The summed E-state index contributed by atoms with van der Waals surface area (Å²) >= 11 is 3.48. The standard InChI is InChI=1S/C13H15N3S2/c1-9-7-16-12(10(2)15-13(16)18-9)6-14-5-11-3-4-17-8-11/h3-4,7-8,14H,5-6H2,1-2H3. The van der Waals surface area contributed by atoms with Gasteiger partial charge in [-0.15, -0.1) is 11.3 Å². The van der Waals surface area contributed by atoms with Gasteiger partial charge in [0.05, 0.1) is 11.4 Å². The SMILES string of the molecule is Cc1cn2c(CNCc3ccsc3)c(C)nc2s1. The molecule has 3 rings (SSSR count). The highest BCUT2D eigenvalue weighted by Crippen LogP contribution is 2.20. The molecule has 0 radical (unpaired) electrons. The molecule has 3 aromatic rings. The molecule has 94 valence electrons. The fraction of sp³-hybridized carbons (Fsp3) is 0.308. The van der Waals surface area contributed by atoms with Crippen molar-refractivity contribution in [3.05, 3.63) is 44.9 Å². The summed E-state index contributed by atoms with van der Waals surface area (Å²) in [5, 5.41) is 7.78. The van der Waals surface area contributed by atoms with Gasteiger partial charge in [-0.2, -0.15) is 11.3 Å². The van der Waals surface area contributed by atoms with Crippen molar-refractivity contribution in [2.24, 2.45) is 0 Å². The van der Waals surface area contributed by atoms with Gasteiger partial charge in [0, 0.05) is 24.2 Å². The maximum absolute atomic E-state index is 4.59. The van der Waals surface area contributed by atoms with E-state index in [0.29, 0.717) is 0 Å². The van der Waals surface area contributed by atoms with E-state index in [0.717, 1.165) is 23.7 Å². The van der Waals surface area contributed by atoms with Crippen LogP contribution in [-0.2, 0) is 13.1 Å². The predicted molar refractivity (Wildman–Crippen MR) is 77.4 cm³/mol. The first kappa shape index (κ1) is 11.9. The van der Waals surface area contributed by atoms with Crippen LogP contribution in [0, 0.1) is 13.8 Å². The maximum atomic E-state index is 4.59. The number of aryl methyl sites for hydroxylation is 2. The number of nitrogens with zero attached hydrogens (tertiary/aromatic N) is 2. The van der Waals surface area contributed by atoms with Gasteiger partial charge in [-0.3, -0.25) is 4.40 Å². The van der Waals surface area contributed by atoms with Crippen LogP contribution in [0.5, 0.6) is 0 Å². The Labute approximate surface area is 114 Å². The summed E-state index contributed by atoms with van der Waals surface area (Å²) in [7, 11) is 0. The van der Waals surface area contributed by atoms with E-state index in [1.807, 2.05) is 0 Å². The molecule has 0 aromatic carbocycles. The molecule has 0 aliphatic carbocycles. The van der Waals surface area contributed by atoms with Crippen LogP contribution in [0.15, 0.2) is 23.0 Å². The van der Waals surface area contributed by atoms with Crippen LogP contribution >= 0.6 is 22.7 Å². The Kier molecular flexibility index (Phi) is 3.20. The predicted octanol–water partition coefficient (Wildman–Crippen LogP) is 3.36. The average molecular weight is 277 g/mol. The lowest BCUT2D eigenvalue weighted by molar-refractivity contribution is 0.674. The van der Waals surface area contributed by atoms with Crippen LogP contribution in [0.1, 0.15) is 21.8 Å². The Morgan fingerprint density at radius 1 is 1.33 bits per heavy atom. The van der Waals surface area contributed by atoms with E-state index in [-0.39, 0.29) is 0 Å². The number of aromatic nitrogens is 2. The monoisotopic (exact) mass is 277 g/mol.